The number of ether oxygens (including phenoxy) is 1. The molecular formula is C19H19N3O4. The molecule has 0 spiro atoms. The summed E-state index contributed by atoms with van der Waals surface area (Å²) in [6.45, 7) is 3.80. The molecule has 0 aliphatic carbocycles. The molecule has 0 saturated heterocycles. The van der Waals surface area contributed by atoms with E-state index in [2.05, 4.69) is 10.3 Å². The smallest absolute Gasteiger partial charge is 0.262 e. The summed E-state index contributed by atoms with van der Waals surface area (Å²) in [7, 11) is 0. The molecule has 1 heterocycles. The summed E-state index contributed by atoms with van der Waals surface area (Å²) in [4.78, 5) is 27.6. The third-order valence-electron chi connectivity index (χ3n) is 3.67. The number of nitrogens with zero attached hydrogens (tertiary/aromatic N) is 1. The molecule has 3 rings (SSSR count). The van der Waals surface area contributed by atoms with Gasteiger partial charge < -0.3 is 20.2 Å². The average Bonchev–Trinajstić information content (AvgIpc) is 3.04. The first kappa shape index (κ1) is 17.5. The molecular weight excluding hydrogens is 334 g/mol. The van der Waals surface area contributed by atoms with Gasteiger partial charge in [0.1, 0.15) is 11.3 Å². The fraction of sp³-hybridized carbons (Fsp3) is 0.211. The van der Waals surface area contributed by atoms with Crippen LogP contribution in [-0.2, 0) is 4.79 Å². The van der Waals surface area contributed by atoms with Gasteiger partial charge in [0.15, 0.2) is 18.1 Å². The van der Waals surface area contributed by atoms with E-state index in [1.54, 1.807) is 36.4 Å². The minimum absolute atomic E-state index is 0.185. The Kier molecular flexibility index (Phi) is 4.88. The van der Waals surface area contributed by atoms with E-state index in [0.29, 0.717) is 34.0 Å². The van der Waals surface area contributed by atoms with E-state index >= 15 is 0 Å². The van der Waals surface area contributed by atoms with Crippen LogP contribution in [0, 0.1) is 0 Å². The molecule has 3 aromatic rings. The van der Waals surface area contributed by atoms with Gasteiger partial charge in [-0.1, -0.05) is 19.9 Å². The number of rotatable bonds is 6. The van der Waals surface area contributed by atoms with Crippen molar-refractivity contribution in [2.45, 2.75) is 19.8 Å². The Morgan fingerprint density at radius 2 is 2.04 bits per heavy atom. The van der Waals surface area contributed by atoms with Crippen LogP contribution in [0.4, 0.5) is 5.69 Å². The van der Waals surface area contributed by atoms with Crippen LogP contribution >= 0.6 is 0 Å². The zero-order valence-corrected chi connectivity index (χ0v) is 14.5. The lowest BCUT2D eigenvalue weighted by Gasteiger charge is -2.08. The second-order valence-corrected chi connectivity index (χ2v) is 6.12. The highest BCUT2D eigenvalue weighted by molar-refractivity contribution is 5.94. The molecule has 2 amide bonds. The number of fused-ring (bicyclic) bond motifs is 1. The van der Waals surface area contributed by atoms with Gasteiger partial charge in [-0.3, -0.25) is 9.59 Å². The Bertz CT molecular complexity index is 962. The Morgan fingerprint density at radius 1 is 1.23 bits per heavy atom. The fourth-order valence-electron chi connectivity index (χ4n) is 2.36. The van der Waals surface area contributed by atoms with Gasteiger partial charge in [-0.2, -0.15) is 0 Å². The zero-order chi connectivity index (χ0) is 18.7. The highest BCUT2D eigenvalue weighted by Gasteiger charge is 2.11. The fourth-order valence-corrected chi connectivity index (χ4v) is 2.36. The summed E-state index contributed by atoms with van der Waals surface area (Å²) in [5.74, 6) is 0.346. The predicted molar refractivity (Wildman–Crippen MR) is 97.2 cm³/mol. The number of hydrogen-bond donors (Lipinski definition) is 2. The van der Waals surface area contributed by atoms with Crippen molar-refractivity contribution in [3.05, 3.63) is 53.9 Å². The third kappa shape index (κ3) is 4.00. The lowest BCUT2D eigenvalue weighted by molar-refractivity contribution is -0.118. The monoisotopic (exact) mass is 353 g/mol. The number of primary amides is 1. The van der Waals surface area contributed by atoms with Crippen LogP contribution in [0.3, 0.4) is 0 Å². The van der Waals surface area contributed by atoms with Gasteiger partial charge in [-0.25, -0.2) is 4.98 Å². The predicted octanol–water partition coefficient (Wildman–Crippen LogP) is 3.07. The van der Waals surface area contributed by atoms with Crippen molar-refractivity contribution in [3.63, 3.8) is 0 Å². The van der Waals surface area contributed by atoms with Crippen LogP contribution in [0.15, 0.2) is 46.9 Å². The normalized spacial score (nSPS) is 10.9. The molecule has 0 saturated carbocycles. The Balaban J connectivity index is 1.63. The number of aromatic nitrogens is 1. The number of benzene rings is 2. The molecule has 0 radical (unpaired) electrons. The van der Waals surface area contributed by atoms with Crippen LogP contribution < -0.4 is 15.8 Å². The molecule has 0 aliphatic rings. The van der Waals surface area contributed by atoms with Crippen LogP contribution in [0.5, 0.6) is 5.75 Å². The zero-order valence-electron chi connectivity index (χ0n) is 14.5. The Hall–Kier alpha value is -3.35. The lowest BCUT2D eigenvalue weighted by atomic mass is 10.2. The van der Waals surface area contributed by atoms with Crippen molar-refractivity contribution in [2.75, 3.05) is 11.9 Å². The first-order valence-corrected chi connectivity index (χ1v) is 8.15. The molecule has 0 fully saturated rings. The average molecular weight is 353 g/mol. The molecule has 0 aliphatic heterocycles. The number of hydrogen-bond acceptors (Lipinski definition) is 5. The van der Waals surface area contributed by atoms with Crippen LogP contribution in [-0.4, -0.2) is 23.4 Å². The molecule has 134 valence electrons. The minimum atomic E-state index is -0.554. The molecule has 1 aromatic heterocycles. The summed E-state index contributed by atoms with van der Waals surface area (Å²) in [6, 6.07) is 11.6. The molecule has 7 heteroatoms. The maximum Gasteiger partial charge on any atom is 0.262 e. The number of anilines is 1. The minimum Gasteiger partial charge on any atom is -0.484 e. The van der Waals surface area contributed by atoms with Crippen molar-refractivity contribution in [3.8, 4) is 5.75 Å². The molecule has 0 atom stereocenters. The van der Waals surface area contributed by atoms with Gasteiger partial charge in [0.05, 0.1) is 0 Å². The van der Waals surface area contributed by atoms with E-state index in [0.717, 1.165) is 0 Å². The van der Waals surface area contributed by atoms with Gasteiger partial charge in [-0.05, 0) is 36.4 Å². The topological polar surface area (TPSA) is 107 Å². The second kappa shape index (κ2) is 7.26. The number of amides is 2. The standard InChI is InChI=1S/C19H19N3O4/c1-11(2)19-22-15-9-13(6-7-16(15)26-19)21-17(23)10-25-14-5-3-4-12(8-14)18(20)24/h3-9,11H,10H2,1-2H3,(H2,20,24)(H,21,23). The van der Waals surface area contributed by atoms with E-state index in [1.165, 1.54) is 6.07 Å². The van der Waals surface area contributed by atoms with Crippen LogP contribution in [0.25, 0.3) is 11.1 Å². The summed E-state index contributed by atoms with van der Waals surface area (Å²) in [5.41, 5.74) is 7.49. The molecule has 0 unspecified atom stereocenters. The summed E-state index contributed by atoms with van der Waals surface area (Å²) in [6.07, 6.45) is 0. The number of carbonyl (C=O) groups excluding carboxylic acids is 2. The summed E-state index contributed by atoms with van der Waals surface area (Å²) in [5, 5.41) is 2.74. The quantitative estimate of drug-likeness (QED) is 0.708. The van der Waals surface area contributed by atoms with E-state index in [4.69, 9.17) is 14.9 Å². The van der Waals surface area contributed by atoms with Crippen LogP contribution in [0.2, 0.25) is 0 Å². The Labute approximate surface area is 150 Å². The van der Waals surface area contributed by atoms with Gasteiger partial charge in [0, 0.05) is 17.2 Å². The van der Waals surface area contributed by atoms with Crippen LogP contribution in [0.1, 0.15) is 36.0 Å². The highest BCUT2D eigenvalue weighted by atomic mass is 16.5. The molecule has 2 aromatic carbocycles. The van der Waals surface area contributed by atoms with Gasteiger partial charge in [-0.15, -0.1) is 0 Å². The third-order valence-corrected chi connectivity index (χ3v) is 3.67. The number of nitrogens with one attached hydrogen (secondary N) is 1. The van der Waals surface area contributed by atoms with Gasteiger partial charge >= 0.3 is 0 Å². The van der Waals surface area contributed by atoms with Crippen molar-refractivity contribution >= 4 is 28.6 Å². The van der Waals surface area contributed by atoms with Crippen molar-refractivity contribution < 1.29 is 18.7 Å². The van der Waals surface area contributed by atoms with E-state index < -0.39 is 5.91 Å². The largest absolute Gasteiger partial charge is 0.484 e. The first-order valence-electron chi connectivity index (χ1n) is 8.15. The number of carbonyl (C=O) groups is 2. The number of nitrogens with two attached hydrogens (primary N) is 1. The lowest BCUT2D eigenvalue weighted by Crippen LogP contribution is -2.20. The molecule has 26 heavy (non-hydrogen) atoms. The van der Waals surface area contributed by atoms with E-state index in [9.17, 15) is 9.59 Å². The second-order valence-electron chi connectivity index (χ2n) is 6.12. The highest BCUT2D eigenvalue weighted by Crippen LogP contribution is 2.23. The molecule has 7 nitrogen and oxygen atoms in total. The molecule has 0 bridgehead atoms. The van der Waals surface area contributed by atoms with E-state index in [-0.39, 0.29) is 18.4 Å². The SMILES string of the molecule is CC(C)c1nc2cc(NC(=O)COc3cccc(C(N)=O)c3)ccc2o1. The maximum atomic E-state index is 12.1. The van der Waals surface area contributed by atoms with Crippen molar-refractivity contribution in [1.82, 2.24) is 4.98 Å². The van der Waals surface area contributed by atoms with E-state index in [1.807, 2.05) is 13.8 Å². The van der Waals surface area contributed by atoms with Crippen molar-refractivity contribution in [1.29, 1.82) is 0 Å². The first-order chi connectivity index (χ1) is 12.4. The Morgan fingerprint density at radius 3 is 2.77 bits per heavy atom. The van der Waals surface area contributed by atoms with Crippen molar-refractivity contribution in [2.24, 2.45) is 5.73 Å². The van der Waals surface area contributed by atoms with Gasteiger partial charge in [0.25, 0.3) is 5.91 Å². The molecule has 3 N–H and O–H groups in total. The maximum absolute atomic E-state index is 12.1. The van der Waals surface area contributed by atoms with Gasteiger partial charge in [0.2, 0.25) is 5.91 Å². The number of oxazole rings is 1. The summed E-state index contributed by atoms with van der Waals surface area (Å²) >= 11 is 0. The summed E-state index contributed by atoms with van der Waals surface area (Å²) < 4.78 is 11.0.